The van der Waals surface area contributed by atoms with E-state index in [1.807, 2.05) is 32.0 Å². The molecule has 0 aromatic heterocycles. The van der Waals surface area contributed by atoms with Crippen molar-refractivity contribution in [2.75, 3.05) is 11.4 Å². The molecule has 0 bridgehead atoms. The quantitative estimate of drug-likeness (QED) is 0.599. The second-order valence-electron chi connectivity index (χ2n) is 8.92. The summed E-state index contributed by atoms with van der Waals surface area (Å²) in [5.74, 6) is -0.708. The van der Waals surface area contributed by atoms with Crippen molar-refractivity contribution in [2.45, 2.75) is 52.1 Å². The number of aliphatic hydroxyl groups is 1. The molecule has 1 aliphatic rings. The van der Waals surface area contributed by atoms with Crippen molar-refractivity contribution < 1.29 is 14.7 Å². The molecule has 0 saturated carbocycles. The van der Waals surface area contributed by atoms with Crippen LogP contribution in [0.3, 0.4) is 0 Å². The van der Waals surface area contributed by atoms with Crippen LogP contribution < -0.4 is 4.90 Å². The number of anilines is 1. The predicted molar refractivity (Wildman–Crippen MR) is 116 cm³/mol. The first-order valence-electron chi connectivity index (χ1n) is 9.90. The first-order chi connectivity index (χ1) is 13.5. The highest BCUT2D eigenvalue weighted by Gasteiger charge is 2.50. The van der Waals surface area contributed by atoms with E-state index in [1.165, 1.54) is 4.90 Å². The van der Waals surface area contributed by atoms with Crippen molar-refractivity contribution in [3.63, 3.8) is 0 Å². The summed E-state index contributed by atoms with van der Waals surface area (Å²) in [4.78, 5) is 27.8. The van der Waals surface area contributed by atoms with Crippen molar-refractivity contribution in [1.82, 2.24) is 0 Å². The molecule has 1 N–H and O–H groups in total. The van der Waals surface area contributed by atoms with Gasteiger partial charge in [0.05, 0.1) is 12.1 Å². The van der Waals surface area contributed by atoms with Crippen LogP contribution in [0.25, 0.3) is 0 Å². The fourth-order valence-electron chi connectivity index (χ4n) is 4.14. The Morgan fingerprint density at radius 2 is 1.76 bits per heavy atom. The zero-order chi connectivity index (χ0) is 21.6. The zero-order valence-electron chi connectivity index (χ0n) is 17.9. The third-order valence-corrected chi connectivity index (χ3v) is 5.64. The summed E-state index contributed by atoms with van der Waals surface area (Å²) in [7, 11) is 0. The third kappa shape index (κ3) is 3.53. The lowest BCUT2D eigenvalue weighted by Crippen LogP contribution is -2.42. The molecule has 1 heterocycles. The number of carbonyl (C=O) groups excluding carboxylic acids is 2. The Bertz CT molecular complexity index is 976. The van der Waals surface area contributed by atoms with Gasteiger partial charge in [0.15, 0.2) is 11.4 Å². The molecule has 1 aliphatic heterocycles. The van der Waals surface area contributed by atoms with Gasteiger partial charge in [-0.2, -0.15) is 0 Å². The van der Waals surface area contributed by atoms with Crippen LogP contribution in [-0.4, -0.2) is 23.3 Å². The Kier molecular flexibility index (Phi) is 5.26. The van der Waals surface area contributed by atoms with Gasteiger partial charge in [-0.25, -0.2) is 0 Å². The maximum atomic E-state index is 13.3. The second kappa shape index (κ2) is 7.27. The van der Waals surface area contributed by atoms with E-state index in [9.17, 15) is 14.7 Å². The topological polar surface area (TPSA) is 57.6 Å². The zero-order valence-corrected chi connectivity index (χ0v) is 17.9. The summed E-state index contributed by atoms with van der Waals surface area (Å²) < 4.78 is 0. The van der Waals surface area contributed by atoms with E-state index in [-0.39, 0.29) is 24.2 Å². The van der Waals surface area contributed by atoms with Gasteiger partial charge in [-0.05, 0) is 42.0 Å². The smallest absolute Gasteiger partial charge is 0.264 e. The molecule has 0 fully saturated rings. The van der Waals surface area contributed by atoms with Crippen LogP contribution >= 0.6 is 0 Å². The van der Waals surface area contributed by atoms with Gasteiger partial charge in [-0.15, -0.1) is 6.58 Å². The Morgan fingerprint density at radius 1 is 1.17 bits per heavy atom. The minimum Gasteiger partial charge on any atom is -0.375 e. The summed E-state index contributed by atoms with van der Waals surface area (Å²) in [6, 6.07) is 11.1. The summed E-state index contributed by atoms with van der Waals surface area (Å²) in [5, 5.41) is 11.4. The predicted octanol–water partition coefficient (Wildman–Crippen LogP) is 4.59. The molecule has 0 spiro atoms. The lowest BCUT2D eigenvalue weighted by Gasteiger charge is -2.24. The number of rotatable bonds is 5. The molecule has 29 heavy (non-hydrogen) atoms. The minimum atomic E-state index is -1.86. The maximum Gasteiger partial charge on any atom is 0.264 e. The summed E-state index contributed by atoms with van der Waals surface area (Å²) in [6.07, 6.45) is 1.33. The minimum absolute atomic E-state index is 0.0269. The monoisotopic (exact) mass is 391 g/mol. The number of carbonyl (C=O) groups is 2. The van der Waals surface area contributed by atoms with Gasteiger partial charge in [-0.3, -0.25) is 9.59 Å². The van der Waals surface area contributed by atoms with Crippen molar-refractivity contribution >= 4 is 17.4 Å². The van der Waals surface area contributed by atoms with Gasteiger partial charge in [-0.1, -0.05) is 57.2 Å². The first kappa shape index (κ1) is 21.0. The van der Waals surface area contributed by atoms with Crippen molar-refractivity contribution in [1.29, 1.82) is 0 Å². The first-order valence-corrected chi connectivity index (χ1v) is 9.90. The maximum absolute atomic E-state index is 13.3. The molecule has 0 aliphatic carbocycles. The fourth-order valence-corrected chi connectivity index (χ4v) is 4.14. The molecule has 1 atom stereocenters. The van der Waals surface area contributed by atoms with Gasteiger partial charge in [0.2, 0.25) is 0 Å². The molecule has 0 saturated heterocycles. The van der Waals surface area contributed by atoms with Crippen molar-refractivity contribution in [3.8, 4) is 0 Å². The normalized spacial score (nSPS) is 18.7. The van der Waals surface area contributed by atoms with E-state index in [0.717, 1.165) is 16.7 Å². The third-order valence-electron chi connectivity index (χ3n) is 5.64. The van der Waals surface area contributed by atoms with E-state index in [4.69, 9.17) is 0 Å². The number of nitrogens with zero attached hydrogens (tertiary/aromatic N) is 1. The molecule has 4 heteroatoms. The lowest BCUT2D eigenvalue weighted by molar-refractivity contribution is -0.135. The van der Waals surface area contributed by atoms with E-state index in [0.29, 0.717) is 16.8 Å². The molecule has 4 nitrogen and oxygen atoms in total. The van der Waals surface area contributed by atoms with E-state index < -0.39 is 11.5 Å². The highest BCUT2D eigenvalue weighted by molar-refractivity contribution is 6.11. The molecule has 1 unspecified atom stereocenters. The second-order valence-corrected chi connectivity index (χ2v) is 8.92. The summed E-state index contributed by atoms with van der Waals surface area (Å²) in [6.45, 7) is 14.2. The van der Waals surface area contributed by atoms with Gasteiger partial charge in [0, 0.05) is 17.7 Å². The average molecular weight is 392 g/mol. The van der Waals surface area contributed by atoms with Crippen LogP contribution in [0.2, 0.25) is 0 Å². The van der Waals surface area contributed by atoms with Crippen LogP contribution in [0.5, 0.6) is 0 Å². The van der Waals surface area contributed by atoms with E-state index in [1.54, 1.807) is 24.3 Å². The van der Waals surface area contributed by atoms with Crippen LogP contribution in [-0.2, 0) is 15.8 Å². The number of benzene rings is 2. The van der Waals surface area contributed by atoms with Crippen LogP contribution in [0.15, 0.2) is 49.1 Å². The van der Waals surface area contributed by atoms with Gasteiger partial charge >= 0.3 is 0 Å². The molecular formula is C25H29NO3. The molecule has 0 radical (unpaired) electrons. The number of hydrogen-bond acceptors (Lipinski definition) is 3. The Labute approximate surface area is 172 Å². The highest BCUT2D eigenvalue weighted by Crippen LogP contribution is 2.43. The van der Waals surface area contributed by atoms with Crippen molar-refractivity contribution in [2.24, 2.45) is 0 Å². The molecule has 2 aromatic rings. The van der Waals surface area contributed by atoms with Gasteiger partial charge in [0.25, 0.3) is 5.91 Å². The average Bonchev–Trinajstić information content (AvgIpc) is 2.83. The van der Waals surface area contributed by atoms with E-state index >= 15 is 0 Å². The Balaban J connectivity index is 2.01. The SMILES string of the molecule is C=CCN1C(=O)C(O)(CC(=O)c2c(C)cc(C(C)(C)C)cc2C)c2ccccc21. The van der Waals surface area contributed by atoms with Crippen LogP contribution in [0, 0.1) is 13.8 Å². The number of Topliss-reactive ketones (excluding diaryl/α,β-unsaturated/α-hetero) is 1. The lowest BCUT2D eigenvalue weighted by atomic mass is 9.81. The number of ketones is 1. The summed E-state index contributed by atoms with van der Waals surface area (Å²) in [5.41, 5.74) is 2.68. The van der Waals surface area contributed by atoms with Gasteiger partial charge < -0.3 is 10.0 Å². The molecule has 1 amide bonds. The number of aryl methyl sites for hydroxylation is 2. The molecule has 3 rings (SSSR count). The largest absolute Gasteiger partial charge is 0.375 e. The number of para-hydroxylation sites is 1. The molecule has 152 valence electrons. The number of fused-ring (bicyclic) bond motifs is 1. The Morgan fingerprint density at radius 3 is 2.31 bits per heavy atom. The van der Waals surface area contributed by atoms with Crippen LogP contribution in [0.1, 0.15) is 59.8 Å². The summed E-state index contributed by atoms with van der Waals surface area (Å²) >= 11 is 0. The number of hydrogen-bond donors (Lipinski definition) is 1. The van der Waals surface area contributed by atoms with Gasteiger partial charge in [0.1, 0.15) is 0 Å². The molecular weight excluding hydrogens is 362 g/mol. The van der Waals surface area contributed by atoms with E-state index in [2.05, 4.69) is 27.4 Å². The Hall–Kier alpha value is -2.72. The van der Waals surface area contributed by atoms with Crippen LogP contribution in [0.4, 0.5) is 5.69 Å². The molecule has 2 aromatic carbocycles. The standard InChI is InChI=1S/C25H29NO3/c1-7-12-26-20-11-9-8-10-19(20)25(29,23(26)28)15-21(27)22-16(2)13-18(14-17(22)3)24(4,5)6/h7-11,13-14,29H,1,12,15H2,2-6H3. The van der Waals surface area contributed by atoms with Crippen molar-refractivity contribution in [3.05, 3.63) is 76.9 Å². The highest BCUT2D eigenvalue weighted by atomic mass is 16.3. The number of amides is 1. The fraction of sp³-hybridized carbons (Fsp3) is 0.360.